The van der Waals surface area contributed by atoms with E-state index in [1.807, 2.05) is 31.2 Å². The molecule has 0 bridgehead atoms. The number of ether oxygens (including phenoxy) is 1. The van der Waals surface area contributed by atoms with Crippen molar-refractivity contribution in [1.29, 1.82) is 0 Å². The number of carbonyl (C=O) groups is 1. The molecule has 1 aliphatic carbocycles. The molecule has 1 aromatic heterocycles. The highest BCUT2D eigenvalue weighted by atomic mass is 32.1. The number of fused-ring (bicyclic) bond motifs is 1. The molecule has 0 radical (unpaired) electrons. The highest BCUT2D eigenvalue weighted by molar-refractivity contribution is 7.17. The Bertz CT molecular complexity index is 798. The van der Waals surface area contributed by atoms with Gasteiger partial charge in [0.25, 0.3) is 0 Å². The number of nitrogens with one attached hydrogen (secondary N) is 1. The monoisotopic (exact) mass is 358 g/mol. The molecule has 5 nitrogen and oxygen atoms in total. The minimum Gasteiger partial charge on any atom is -0.493 e. The van der Waals surface area contributed by atoms with E-state index in [0.717, 1.165) is 34.6 Å². The Morgan fingerprint density at radius 3 is 3.08 bits per heavy atom. The summed E-state index contributed by atoms with van der Waals surface area (Å²) in [5, 5.41) is 13.3. The van der Waals surface area contributed by atoms with E-state index < -0.39 is 0 Å². The first-order valence-electron chi connectivity index (χ1n) is 8.37. The topological polar surface area (TPSA) is 84.6 Å². The Hall–Kier alpha value is -2.31. The Morgan fingerprint density at radius 1 is 1.48 bits per heavy atom. The molecule has 25 heavy (non-hydrogen) atoms. The number of para-hydroxylation sites is 1. The molecule has 3 rings (SSSR count). The van der Waals surface area contributed by atoms with Crippen LogP contribution in [0.5, 0.6) is 5.75 Å². The molecule has 0 fully saturated rings. The van der Waals surface area contributed by atoms with Crippen LogP contribution in [-0.4, -0.2) is 23.7 Å². The van der Waals surface area contributed by atoms with Gasteiger partial charge in [0.05, 0.1) is 18.4 Å². The van der Waals surface area contributed by atoms with Gasteiger partial charge in [0.1, 0.15) is 10.8 Å². The zero-order valence-electron chi connectivity index (χ0n) is 14.1. The van der Waals surface area contributed by atoms with Crippen molar-refractivity contribution >= 4 is 34.0 Å². The zero-order valence-corrected chi connectivity index (χ0v) is 14.9. The molecule has 0 spiro atoms. The van der Waals surface area contributed by atoms with Crippen LogP contribution in [0.3, 0.4) is 0 Å². The Kier molecular flexibility index (Phi) is 5.40. The average Bonchev–Trinajstić information content (AvgIpc) is 2.89. The van der Waals surface area contributed by atoms with Gasteiger partial charge in [0.2, 0.25) is 5.91 Å². The summed E-state index contributed by atoms with van der Waals surface area (Å²) >= 11 is 1.45. The summed E-state index contributed by atoms with van der Waals surface area (Å²) in [7, 11) is 0. The fraction of sp³-hybridized carbons (Fsp3) is 0.316. The molecule has 0 aliphatic heterocycles. The molecule has 1 aliphatic rings. The summed E-state index contributed by atoms with van der Waals surface area (Å²) in [5.74, 6) is 0.506. The molecule has 1 atom stereocenters. The quantitative estimate of drug-likeness (QED) is 0.717. The van der Waals surface area contributed by atoms with E-state index in [0.29, 0.717) is 23.7 Å². The van der Waals surface area contributed by atoms with Crippen molar-refractivity contribution in [3.05, 3.63) is 46.3 Å². The maximum Gasteiger partial charge on any atom is 0.249 e. The second-order valence-electron chi connectivity index (χ2n) is 5.94. The van der Waals surface area contributed by atoms with Gasteiger partial charge < -0.3 is 20.9 Å². The van der Waals surface area contributed by atoms with Gasteiger partial charge in [0, 0.05) is 22.9 Å². The van der Waals surface area contributed by atoms with Crippen LogP contribution in [0.25, 0.3) is 6.08 Å². The molecule has 0 saturated heterocycles. The smallest absolute Gasteiger partial charge is 0.249 e. The molecule has 6 heteroatoms. The van der Waals surface area contributed by atoms with Gasteiger partial charge in [-0.1, -0.05) is 18.2 Å². The minimum atomic E-state index is -0.316. The maximum absolute atomic E-state index is 12.2. The third-order valence-corrected chi connectivity index (χ3v) is 5.34. The molecular formula is C19H22N2O3S. The van der Waals surface area contributed by atoms with Crippen LogP contribution in [0.2, 0.25) is 0 Å². The Balaban J connectivity index is 1.71. The lowest BCUT2D eigenvalue weighted by atomic mass is 9.96. The van der Waals surface area contributed by atoms with Gasteiger partial charge in [-0.15, -0.1) is 11.3 Å². The van der Waals surface area contributed by atoms with Crippen molar-refractivity contribution < 1.29 is 14.6 Å². The van der Waals surface area contributed by atoms with Gasteiger partial charge >= 0.3 is 0 Å². The number of amides is 1. The molecule has 1 amide bonds. The van der Waals surface area contributed by atoms with Crippen LogP contribution in [0.4, 0.5) is 10.7 Å². The number of nitrogens with two attached hydrogens (primary N) is 1. The van der Waals surface area contributed by atoms with E-state index in [4.69, 9.17) is 10.5 Å². The minimum absolute atomic E-state index is 0.239. The van der Waals surface area contributed by atoms with E-state index in [9.17, 15) is 9.90 Å². The predicted molar refractivity (Wildman–Crippen MR) is 102 cm³/mol. The molecule has 132 valence electrons. The molecule has 4 N–H and O–H groups in total. The van der Waals surface area contributed by atoms with Crippen molar-refractivity contribution in [2.45, 2.75) is 32.3 Å². The first-order valence-corrected chi connectivity index (χ1v) is 9.19. The van der Waals surface area contributed by atoms with Gasteiger partial charge in [-0.3, -0.25) is 4.79 Å². The molecular weight excluding hydrogens is 336 g/mol. The standard InChI is InChI=1S/C19H22N2O3S/c1-2-24-15-6-4-3-5-12(15)7-10-17(23)21-19-18(20)14-9-8-13(22)11-16(14)25-19/h3-7,10,13,22H,2,8-9,11,20H2,1H3,(H,21,23)/b10-7+. The van der Waals surface area contributed by atoms with Gasteiger partial charge in [-0.2, -0.15) is 0 Å². The lowest BCUT2D eigenvalue weighted by Gasteiger charge is -2.16. The van der Waals surface area contributed by atoms with Gasteiger partial charge in [-0.05, 0) is 37.5 Å². The fourth-order valence-electron chi connectivity index (χ4n) is 2.91. The van der Waals surface area contributed by atoms with Crippen LogP contribution in [0, 0.1) is 0 Å². The second kappa shape index (κ2) is 7.72. The fourth-order valence-corrected chi connectivity index (χ4v) is 4.15. The van der Waals surface area contributed by atoms with Gasteiger partial charge in [0.15, 0.2) is 0 Å². The first kappa shape index (κ1) is 17.5. The van der Waals surface area contributed by atoms with Crippen LogP contribution in [0.15, 0.2) is 30.3 Å². The third kappa shape index (κ3) is 4.03. The highest BCUT2D eigenvalue weighted by Crippen LogP contribution is 2.40. The predicted octanol–water partition coefficient (Wildman–Crippen LogP) is 3.23. The summed E-state index contributed by atoms with van der Waals surface area (Å²) in [4.78, 5) is 13.3. The van der Waals surface area contributed by atoms with Gasteiger partial charge in [-0.25, -0.2) is 0 Å². The number of thiophene rings is 1. The van der Waals surface area contributed by atoms with Crippen molar-refractivity contribution in [2.75, 3.05) is 17.7 Å². The van der Waals surface area contributed by atoms with Crippen LogP contribution in [0.1, 0.15) is 29.3 Å². The molecule has 1 heterocycles. The summed E-state index contributed by atoms with van der Waals surface area (Å²) in [5.41, 5.74) is 8.70. The zero-order chi connectivity index (χ0) is 17.8. The van der Waals surface area contributed by atoms with E-state index >= 15 is 0 Å². The summed E-state index contributed by atoms with van der Waals surface area (Å²) in [6.07, 6.45) is 4.97. The number of rotatable bonds is 5. The molecule has 1 unspecified atom stereocenters. The molecule has 2 aromatic rings. The number of anilines is 2. The number of carbonyl (C=O) groups excluding carboxylic acids is 1. The molecule has 1 aromatic carbocycles. The van der Waals surface area contributed by atoms with Crippen LogP contribution < -0.4 is 15.8 Å². The number of nitrogen functional groups attached to an aromatic ring is 1. The van der Waals surface area contributed by atoms with E-state index in [1.54, 1.807) is 6.08 Å². The number of aliphatic hydroxyl groups excluding tert-OH is 1. The van der Waals surface area contributed by atoms with E-state index in [1.165, 1.54) is 17.4 Å². The SMILES string of the molecule is CCOc1ccccc1/C=C/C(=O)Nc1sc2c(c1N)CCC(O)C2. The second-order valence-corrected chi connectivity index (χ2v) is 7.04. The van der Waals surface area contributed by atoms with Crippen molar-refractivity contribution in [2.24, 2.45) is 0 Å². The lowest BCUT2D eigenvalue weighted by Crippen LogP contribution is -2.17. The van der Waals surface area contributed by atoms with E-state index in [-0.39, 0.29) is 12.0 Å². The van der Waals surface area contributed by atoms with E-state index in [2.05, 4.69) is 5.32 Å². The summed E-state index contributed by atoms with van der Waals surface area (Å²) in [6.45, 7) is 2.49. The summed E-state index contributed by atoms with van der Waals surface area (Å²) in [6, 6.07) is 7.57. The number of aliphatic hydroxyl groups is 1. The third-order valence-electron chi connectivity index (χ3n) is 4.15. The molecule has 0 saturated carbocycles. The van der Waals surface area contributed by atoms with Crippen LogP contribution >= 0.6 is 11.3 Å². The Labute approximate surface area is 151 Å². The van der Waals surface area contributed by atoms with Crippen molar-refractivity contribution in [1.82, 2.24) is 0 Å². The van der Waals surface area contributed by atoms with Crippen molar-refractivity contribution in [3.63, 3.8) is 0 Å². The lowest BCUT2D eigenvalue weighted by molar-refractivity contribution is -0.111. The summed E-state index contributed by atoms with van der Waals surface area (Å²) < 4.78 is 5.55. The number of hydrogen-bond donors (Lipinski definition) is 3. The average molecular weight is 358 g/mol. The Morgan fingerprint density at radius 2 is 2.28 bits per heavy atom. The number of benzene rings is 1. The normalized spacial score (nSPS) is 16.6. The van der Waals surface area contributed by atoms with Crippen molar-refractivity contribution in [3.8, 4) is 5.75 Å². The highest BCUT2D eigenvalue weighted by Gasteiger charge is 2.23. The number of hydrogen-bond acceptors (Lipinski definition) is 5. The first-order chi connectivity index (χ1) is 12.1. The maximum atomic E-state index is 12.2. The van der Waals surface area contributed by atoms with Crippen LogP contribution in [-0.2, 0) is 17.6 Å². The largest absolute Gasteiger partial charge is 0.493 e.